The van der Waals surface area contributed by atoms with E-state index in [4.69, 9.17) is 4.43 Å². The summed E-state index contributed by atoms with van der Waals surface area (Å²) in [7, 11) is -1.88. The van der Waals surface area contributed by atoms with E-state index in [0.717, 1.165) is 0 Å². The average Bonchev–Trinajstić information content (AvgIpc) is 1.78. The van der Waals surface area contributed by atoms with E-state index in [9.17, 15) is 9.59 Å². The van der Waals surface area contributed by atoms with Crippen LogP contribution in [0, 0.1) is 11.8 Å². The molecule has 0 rings (SSSR count). The van der Waals surface area contributed by atoms with Crippen LogP contribution in [-0.2, 0) is 14.0 Å². The average molecular weight is 216 g/mol. The molecule has 4 heteroatoms. The number of Topliss-reactive ketones (excluding diaryl/α,β-unsaturated/α-hetero) is 1. The molecule has 0 saturated heterocycles. The predicted octanol–water partition coefficient (Wildman–Crippen LogP) is 2.23. The van der Waals surface area contributed by atoms with E-state index in [0.29, 0.717) is 0 Å². The highest BCUT2D eigenvalue weighted by Crippen LogP contribution is 2.16. The summed E-state index contributed by atoms with van der Waals surface area (Å²) < 4.78 is 5.30. The van der Waals surface area contributed by atoms with Crippen LogP contribution in [0.2, 0.25) is 19.6 Å². The summed E-state index contributed by atoms with van der Waals surface area (Å²) in [5, 5.41) is 0. The Morgan fingerprint density at radius 2 is 1.57 bits per heavy atom. The van der Waals surface area contributed by atoms with Gasteiger partial charge in [-0.15, -0.1) is 0 Å². The lowest BCUT2D eigenvalue weighted by Gasteiger charge is -2.23. The third-order valence-corrected chi connectivity index (χ3v) is 2.58. The molecule has 0 fully saturated rings. The summed E-state index contributed by atoms with van der Waals surface area (Å²) in [6, 6.07) is 0. The highest BCUT2D eigenvalue weighted by molar-refractivity contribution is 6.71. The largest absolute Gasteiger partial charge is 0.519 e. The molecule has 0 heterocycles. The van der Waals surface area contributed by atoms with E-state index in [-0.39, 0.29) is 17.7 Å². The highest BCUT2D eigenvalue weighted by atomic mass is 28.4. The van der Waals surface area contributed by atoms with Crippen molar-refractivity contribution < 1.29 is 14.0 Å². The van der Waals surface area contributed by atoms with Crippen LogP contribution in [0.3, 0.4) is 0 Å². The number of hydrogen-bond donors (Lipinski definition) is 0. The van der Waals surface area contributed by atoms with Crippen LogP contribution >= 0.6 is 0 Å². The molecule has 0 aromatic heterocycles. The van der Waals surface area contributed by atoms with Crippen LogP contribution < -0.4 is 0 Å². The summed E-state index contributed by atoms with van der Waals surface area (Å²) in [5.74, 6) is -1.05. The first-order chi connectivity index (χ1) is 6.15. The smallest absolute Gasteiger partial charge is 0.303 e. The van der Waals surface area contributed by atoms with Gasteiger partial charge in [0.05, 0.1) is 0 Å². The molecule has 0 amide bonds. The van der Waals surface area contributed by atoms with E-state index < -0.39 is 14.2 Å². The van der Waals surface area contributed by atoms with Gasteiger partial charge in [-0.3, -0.25) is 9.59 Å². The van der Waals surface area contributed by atoms with Gasteiger partial charge in [0.25, 0.3) is 0 Å². The van der Waals surface area contributed by atoms with Crippen molar-refractivity contribution in [2.24, 2.45) is 11.8 Å². The topological polar surface area (TPSA) is 43.4 Å². The van der Waals surface area contributed by atoms with Crippen LogP contribution in [0.25, 0.3) is 0 Å². The molecule has 0 aromatic carbocycles. The lowest BCUT2D eigenvalue weighted by atomic mass is 9.93. The molecule has 0 saturated carbocycles. The van der Waals surface area contributed by atoms with E-state index in [2.05, 4.69) is 0 Å². The zero-order valence-electron chi connectivity index (χ0n) is 9.88. The second-order valence-electron chi connectivity index (χ2n) is 4.87. The molecule has 0 bridgehead atoms. The molecule has 0 aliphatic rings. The van der Waals surface area contributed by atoms with Gasteiger partial charge in [-0.2, -0.15) is 0 Å². The van der Waals surface area contributed by atoms with Crippen molar-refractivity contribution in [3.63, 3.8) is 0 Å². The number of hydrogen-bond acceptors (Lipinski definition) is 3. The zero-order valence-corrected chi connectivity index (χ0v) is 10.9. The van der Waals surface area contributed by atoms with Crippen LogP contribution in [0.4, 0.5) is 0 Å². The minimum atomic E-state index is -1.88. The van der Waals surface area contributed by atoms with Crippen molar-refractivity contribution in [3.05, 3.63) is 0 Å². The van der Waals surface area contributed by atoms with Crippen LogP contribution in [0.15, 0.2) is 0 Å². The van der Waals surface area contributed by atoms with Gasteiger partial charge in [-0.25, -0.2) is 0 Å². The summed E-state index contributed by atoms with van der Waals surface area (Å²) >= 11 is 0. The van der Waals surface area contributed by atoms with Gasteiger partial charge in [0.2, 0.25) is 8.32 Å². The monoisotopic (exact) mass is 216 g/mol. The molecular formula is C10H20O3Si. The SMILES string of the molecule is CC(=O)C(C(=O)O[Si](C)(C)C)C(C)C. The van der Waals surface area contributed by atoms with Crippen molar-refractivity contribution in [2.75, 3.05) is 0 Å². The maximum absolute atomic E-state index is 11.6. The first kappa shape index (κ1) is 13.4. The molecule has 0 radical (unpaired) electrons. The molecule has 0 aromatic rings. The molecule has 82 valence electrons. The molecule has 0 N–H and O–H groups in total. The standard InChI is InChI=1S/C10H20O3Si/c1-7(2)9(8(3)11)10(12)13-14(4,5)6/h7,9H,1-6H3. The molecule has 0 aliphatic heterocycles. The zero-order chi connectivity index (χ0) is 11.5. The Morgan fingerprint density at radius 3 is 1.79 bits per heavy atom. The van der Waals surface area contributed by atoms with Gasteiger partial charge in [0.1, 0.15) is 11.7 Å². The molecule has 0 aliphatic carbocycles. The summed E-state index contributed by atoms with van der Waals surface area (Å²) in [4.78, 5) is 22.9. The Labute approximate surface area is 87.0 Å². The molecule has 3 nitrogen and oxygen atoms in total. The number of carbonyl (C=O) groups is 2. The first-order valence-electron chi connectivity index (χ1n) is 4.88. The van der Waals surface area contributed by atoms with Crippen molar-refractivity contribution in [1.29, 1.82) is 0 Å². The van der Waals surface area contributed by atoms with E-state index in [1.54, 1.807) is 0 Å². The number of carbonyl (C=O) groups excluding carboxylic acids is 2. The minimum Gasteiger partial charge on any atom is -0.519 e. The van der Waals surface area contributed by atoms with Crippen LogP contribution in [0.5, 0.6) is 0 Å². The maximum Gasteiger partial charge on any atom is 0.303 e. The Morgan fingerprint density at radius 1 is 1.14 bits per heavy atom. The van der Waals surface area contributed by atoms with Crippen molar-refractivity contribution in [1.82, 2.24) is 0 Å². The quantitative estimate of drug-likeness (QED) is 0.534. The fraction of sp³-hybridized carbons (Fsp3) is 0.800. The van der Waals surface area contributed by atoms with Gasteiger partial charge >= 0.3 is 5.97 Å². The summed E-state index contributed by atoms with van der Waals surface area (Å²) in [6.07, 6.45) is 0. The summed E-state index contributed by atoms with van der Waals surface area (Å²) in [5.41, 5.74) is 0. The van der Waals surface area contributed by atoms with E-state index in [1.807, 2.05) is 33.5 Å². The van der Waals surface area contributed by atoms with Crippen molar-refractivity contribution >= 4 is 20.1 Å². The van der Waals surface area contributed by atoms with Crippen LogP contribution in [-0.4, -0.2) is 20.1 Å². The molecule has 0 spiro atoms. The molecule has 1 unspecified atom stereocenters. The van der Waals surface area contributed by atoms with E-state index in [1.165, 1.54) is 6.92 Å². The lowest BCUT2D eigenvalue weighted by Crippen LogP contribution is -2.37. The predicted molar refractivity (Wildman–Crippen MR) is 58.4 cm³/mol. The van der Waals surface area contributed by atoms with Gasteiger partial charge in [-0.05, 0) is 32.5 Å². The second-order valence-corrected chi connectivity index (χ2v) is 9.29. The molecule has 1 atom stereocenters. The van der Waals surface area contributed by atoms with Gasteiger partial charge < -0.3 is 4.43 Å². The minimum absolute atomic E-state index is 0.0105. The highest BCUT2D eigenvalue weighted by Gasteiger charge is 2.31. The Balaban J connectivity index is 4.55. The fourth-order valence-electron chi connectivity index (χ4n) is 1.27. The van der Waals surface area contributed by atoms with Crippen molar-refractivity contribution in [2.45, 2.75) is 40.4 Å². The van der Waals surface area contributed by atoms with Crippen LogP contribution in [0.1, 0.15) is 20.8 Å². The second kappa shape index (κ2) is 4.73. The third kappa shape index (κ3) is 4.55. The first-order valence-corrected chi connectivity index (χ1v) is 8.29. The molecular weight excluding hydrogens is 196 g/mol. The summed E-state index contributed by atoms with van der Waals surface area (Å²) in [6.45, 7) is 11.0. The maximum atomic E-state index is 11.6. The number of rotatable bonds is 4. The van der Waals surface area contributed by atoms with Gasteiger partial charge in [0, 0.05) is 0 Å². The third-order valence-electron chi connectivity index (χ3n) is 1.77. The fourth-order valence-corrected chi connectivity index (χ4v) is 2.00. The normalized spacial score (nSPS) is 13.9. The van der Waals surface area contributed by atoms with Gasteiger partial charge in [-0.1, -0.05) is 13.8 Å². The Kier molecular flexibility index (Phi) is 4.51. The lowest BCUT2D eigenvalue weighted by molar-refractivity contribution is -0.145. The Bertz CT molecular complexity index is 228. The van der Waals surface area contributed by atoms with Gasteiger partial charge in [0.15, 0.2) is 0 Å². The Hall–Kier alpha value is -0.643. The van der Waals surface area contributed by atoms with Crippen molar-refractivity contribution in [3.8, 4) is 0 Å². The molecule has 14 heavy (non-hydrogen) atoms. The van der Waals surface area contributed by atoms with E-state index >= 15 is 0 Å². The number of ketones is 1.